The van der Waals surface area contributed by atoms with Gasteiger partial charge in [0, 0.05) is 35.5 Å². The van der Waals surface area contributed by atoms with Crippen LogP contribution in [0.4, 0.5) is 0 Å². The van der Waals surface area contributed by atoms with E-state index in [0.29, 0.717) is 18.4 Å². The summed E-state index contributed by atoms with van der Waals surface area (Å²) in [7, 11) is -1.90. The van der Waals surface area contributed by atoms with Crippen molar-refractivity contribution in [2.75, 3.05) is 13.1 Å². The normalized spacial score (nSPS) is 18.0. The summed E-state index contributed by atoms with van der Waals surface area (Å²) in [4.78, 5) is 4.59. The van der Waals surface area contributed by atoms with Crippen LogP contribution >= 0.6 is 0 Å². The number of nitrogens with one attached hydrogen (secondary N) is 1. The number of hydrogen-bond donors (Lipinski definition) is 1. The molecule has 192 valence electrons. The Labute approximate surface area is 217 Å². The largest absolute Gasteiger partial charge is 0.407 e. The first-order valence-corrected chi connectivity index (χ1v) is 15.9. The third-order valence-electron chi connectivity index (χ3n) is 7.70. The third-order valence-corrected chi connectivity index (χ3v) is 12.3. The van der Waals surface area contributed by atoms with Crippen LogP contribution in [-0.4, -0.2) is 36.1 Å². The maximum Gasteiger partial charge on any atom is 0.193 e. The lowest BCUT2D eigenvalue weighted by Gasteiger charge is -2.38. The molecule has 0 unspecified atom stereocenters. The molecule has 0 spiro atoms. The molecule has 4 rings (SSSR count). The fourth-order valence-electron chi connectivity index (χ4n) is 4.32. The molecular weight excluding hydrogens is 464 g/mol. The Kier molecular flexibility index (Phi) is 7.89. The predicted octanol–water partition coefficient (Wildman–Crippen LogP) is 6.27. The lowest BCUT2D eigenvalue weighted by atomic mass is 9.93. The summed E-state index contributed by atoms with van der Waals surface area (Å²) in [6.45, 7) is 18.4. The number of nitrogens with zero attached hydrogens (tertiary/aromatic N) is 3. The molecule has 3 aromatic rings. The first kappa shape index (κ1) is 26.4. The van der Waals surface area contributed by atoms with Gasteiger partial charge < -0.3 is 18.8 Å². The summed E-state index contributed by atoms with van der Waals surface area (Å²) in [5, 5.41) is 7.88. The van der Waals surface area contributed by atoms with E-state index in [1.54, 1.807) is 0 Å². The molecule has 0 bridgehead atoms. The fourth-order valence-corrected chi connectivity index (χ4v) is 5.66. The molecule has 0 radical (unpaired) electrons. The van der Waals surface area contributed by atoms with E-state index >= 15 is 0 Å². The quantitative estimate of drug-likeness (QED) is 0.304. The van der Waals surface area contributed by atoms with E-state index in [9.17, 15) is 0 Å². The molecule has 3 heterocycles. The van der Waals surface area contributed by atoms with Gasteiger partial charge in [-0.05, 0) is 74.7 Å². The molecular formula is C29H40N4O2Si. The van der Waals surface area contributed by atoms with Crippen molar-refractivity contribution >= 4 is 8.32 Å². The molecule has 1 aliphatic heterocycles. The van der Waals surface area contributed by atoms with E-state index < -0.39 is 8.32 Å². The Morgan fingerprint density at radius 3 is 2.64 bits per heavy atom. The van der Waals surface area contributed by atoms with Crippen molar-refractivity contribution in [3.8, 4) is 23.2 Å². The smallest absolute Gasteiger partial charge is 0.193 e. The molecule has 3 atom stereocenters. The molecule has 6 nitrogen and oxygen atoms in total. The lowest BCUT2D eigenvalue weighted by molar-refractivity contribution is 0.189. The van der Waals surface area contributed by atoms with Crippen LogP contribution < -0.4 is 5.32 Å². The number of hydrogen-bond acceptors (Lipinski definition) is 5. The van der Waals surface area contributed by atoms with Crippen LogP contribution in [-0.2, 0) is 11.0 Å². The molecule has 1 aromatic carbocycles. The summed E-state index contributed by atoms with van der Waals surface area (Å²) < 4.78 is 14.3. The molecule has 1 saturated heterocycles. The van der Waals surface area contributed by atoms with Gasteiger partial charge in [-0.1, -0.05) is 44.7 Å². The van der Waals surface area contributed by atoms with Gasteiger partial charge in [0.1, 0.15) is 17.6 Å². The molecule has 1 fully saturated rings. The van der Waals surface area contributed by atoms with Crippen LogP contribution in [0.15, 0.2) is 47.2 Å². The number of imidazole rings is 1. The van der Waals surface area contributed by atoms with E-state index in [2.05, 4.69) is 91.7 Å². The fraction of sp³-hybridized carbons (Fsp3) is 0.517. The first-order chi connectivity index (χ1) is 17.0. The summed E-state index contributed by atoms with van der Waals surface area (Å²) >= 11 is 0. The van der Waals surface area contributed by atoms with Crippen LogP contribution in [0.5, 0.6) is 0 Å². The van der Waals surface area contributed by atoms with E-state index in [-0.39, 0.29) is 11.1 Å². The third kappa shape index (κ3) is 6.18. The second-order valence-electron chi connectivity index (χ2n) is 11.5. The Hall–Kier alpha value is -2.66. The molecule has 0 amide bonds. The number of benzene rings is 1. The van der Waals surface area contributed by atoms with Gasteiger partial charge in [-0.15, -0.1) is 0 Å². The van der Waals surface area contributed by atoms with Crippen molar-refractivity contribution in [1.82, 2.24) is 20.0 Å². The molecule has 0 aliphatic carbocycles. The van der Waals surface area contributed by atoms with Crippen molar-refractivity contribution in [2.24, 2.45) is 11.8 Å². The van der Waals surface area contributed by atoms with Crippen LogP contribution in [0.3, 0.4) is 0 Å². The highest BCUT2D eigenvalue weighted by atomic mass is 28.4. The Balaban J connectivity index is 1.41. The standard InChI is InChI=1S/C29H40N4O2Si/c1-21(25-14-15-30-19-25)8-9-23-10-12-24(13-11-23)27-18-26(32-34-27)20-33-17-16-31-28(33)22(2)35-36(6,7)29(3,4)5/h10-13,16-18,21-22,25,30H,14-15,19-20H2,1-7H3/t21-,22-,25-/m0/s1. The molecule has 7 heteroatoms. The van der Waals surface area contributed by atoms with Gasteiger partial charge in [-0.2, -0.15) is 0 Å². The summed E-state index contributed by atoms with van der Waals surface area (Å²) in [5.41, 5.74) is 2.87. The highest BCUT2D eigenvalue weighted by Crippen LogP contribution is 2.39. The zero-order chi connectivity index (χ0) is 25.9. The van der Waals surface area contributed by atoms with E-state index in [1.807, 2.05) is 30.6 Å². The van der Waals surface area contributed by atoms with Crippen LogP contribution in [0.2, 0.25) is 18.1 Å². The van der Waals surface area contributed by atoms with E-state index in [1.165, 1.54) is 6.42 Å². The summed E-state index contributed by atoms with van der Waals surface area (Å²) in [5.74, 6) is 9.48. The Morgan fingerprint density at radius 1 is 1.22 bits per heavy atom. The molecule has 2 aromatic heterocycles. The zero-order valence-electron chi connectivity index (χ0n) is 22.8. The van der Waals surface area contributed by atoms with Crippen molar-refractivity contribution in [3.05, 3.63) is 59.8 Å². The molecule has 0 saturated carbocycles. The lowest BCUT2D eigenvalue weighted by Crippen LogP contribution is -2.41. The maximum absolute atomic E-state index is 6.57. The first-order valence-electron chi connectivity index (χ1n) is 13.0. The molecule has 1 aliphatic rings. The second-order valence-corrected chi connectivity index (χ2v) is 16.3. The SMILES string of the molecule is C[C@H](O[Si](C)(C)C(C)(C)C)c1nccn1Cc1cc(-c2ccc(C#C[C@H](C)[C@H]3CCNC3)cc2)on1. The summed E-state index contributed by atoms with van der Waals surface area (Å²) in [6, 6.07) is 10.2. The predicted molar refractivity (Wildman–Crippen MR) is 147 cm³/mol. The minimum atomic E-state index is -1.90. The molecule has 1 N–H and O–H groups in total. The van der Waals surface area contributed by atoms with Gasteiger partial charge >= 0.3 is 0 Å². The highest BCUT2D eigenvalue weighted by molar-refractivity contribution is 6.74. The second kappa shape index (κ2) is 10.8. The zero-order valence-corrected chi connectivity index (χ0v) is 23.8. The van der Waals surface area contributed by atoms with Crippen LogP contribution in [0, 0.1) is 23.7 Å². The number of aromatic nitrogens is 3. The van der Waals surface area contributed by atoms with Crippen molar-refractivity contribution in [2.45, 2.75) is 71.8 Å². The van der Waals surface area contributed by atoms with Crippen LogP contribution in [0.1, 0.15) is 64.2 Å². The topological polar surface area (TPSA) is 65.1 Å². The van der Waals surface area contributed by atoms with Gasteiger partial charge in [0.25, 0.3) is 0 Å². The van der Waals surface area contributed by atoms with Crippen molar-refractivity contribution in [3.63, 3.8) is 0 Å². The van der Waals surface area contributed by atoms with Crippen molar-refractivity contribution < 1.29 is 8.95 Å². The Morgan fingerprint density at radius 2 is 1.97 bits per heavy atom. The van der Waals surface area contributed by atoms with Crippen LogP contribution in [0.25, 0.3) is 11.3 Å². The van der Waals surface area contributed by atoms with Gasteiger partial charge in [0.05, 0.1) is 6.54 Å². The Bertz CT molecular complexity index is 1200. The molecule has 36 heavy (non-hydrogen) atoms. The van der Waals surface area contributed by atoms with Gasteiger partial charge in [-0.25, -0.2) is 4.98 Å². The monoisotopic (exact) mass is 504 g/mol. The minimum Gasteiger partial charge on any atom is -0.407 e. The minimum absolute atomic E-state index is 0.0893. The van der Waals surface area contributed by atoms with E-state index in [0.717, 1.165) is 41.5 Å². The number of rotatable bonds is 7. The highest BCUT2D eigenvalue weighted by Gasteiger charge is 2.39. The van der Waals surface area contributed by atoms with Crippen molar-refractivity contribution in [1.29, 1.82) is 0 Å². The van der Waals surface area contributed by atoms with Gasteiger partial charge in [0.15, 0.2) is 14.1 Å². The summed E-state index contributed by atoms with van der Waals surface area (Å²) in [6.07, 6.45) is 4.93. The average Bonchev–Trinajstić information content (AvgIpc) is 3.59. The van der Waals surface area contributed by atoms with Gasteiger partial charge in [-0.3, -0.25) is 0 Å². The average molecular weight is 505 g/mol. The van der Waals surface area contributed by atoms with E-state index in [4.69, 9.17) is 8.95 Å². The van der Waals surface area contributed by atoms with Gasteiger partial charge in [0.2, 0.25) is 0 Å². The maximum atomic E-state index is 6.57.